The van der Waals surface area contributed by atoms with E-state index in [4.69, 9.17) is 10.3 Å². The summed E-state index contributed by atoms with van der Waals surface area (Å²) >= 11 is 0. The van der Waals surface area contributed by atoms with Crippen molar-refractivity contribution in [3.05, 3.63) is 52.2 Å². The monoisotopic (exact) mass is 281 g/mol. The van der Waals surface area contributed by atoms with Gasteiger partial charge in [0.05, 0.1) is 11.6 Å². The lowest BCUT2D eigenvalue weighted by atomic mass is 10.0. The highest BCUT2D eigenvalue weighted by Crippen LogP contribution is 2.27. The van der Waals surface area contributed by atoms with E-state index in [9.17, 15) is 4.79 Å². The van der Waals surface area contributed by atoms with Gasteiger partial charge in [-0.05, 0) is 16.8 Å². The molecule has 0 atom stereocenters. The summed E-state index contributed by atoms with van der Waals surface area (Å²) in [5, 5.41) is 5.89. The first kappa shape index (κ1) is 13.2. The van der Waals surface area contributed by atoms with Crippen LogP contribution in [0.1, 0.15) is 5.56 Å². The van der Waals surface area contributed by atoms with Gasteiger partial charge in [-0.1, -0.05) is 30.3 Å². The molecule has 0 aliphatic rings. The van der Waals surface area contributed by atoms with Crippen molar-refractivity contribution in [2.75, 3.05) is 19.0 Å². The number of benzene rings is 2. The first-order valence-corrected chi connectivity index (χ1v) is 6.52. The van der Waals surface area contributed by atoms with Crippen molar-refractivity contribution in [2.24, 2.45) is 10.9 Å². The summed E-state index contributed by atoms with van der Waals surface area (Å²) in [4.78, 5) is 14.6. The summed E-state index contributed by atoms with van der Waals surface area (Å²) in [6.07, 6.45) is 1.34. The van der Waals surface area contributed by atoms with Gasteiger partial charge in [-0.25, -0.2) is 0 Å². The predicted molar refractivity (Wildman–Crippen MR) is 86.1 cm³/mol. The van der Waals surface area contributed by atoms with Gasteiger partial charge in [0.1, 0.15) is 11.1 Å². The molecule has 0 saturated carbocycles. The molecular weight excluding hydrogens is 266 g/mol. The van der Waals surface area contributed by atoms with Gasteiger partial charge < -0.3 is 15.2 Å². The second-order valence-corrected chi connectivity index (χ2v) is 4.98. The van der Waals surface area contributed by atoms with Gasteiger partial charge in [0.25, 0.3) is 0 Å². The zero-order chi connectivity index (χ0) is 15.0. The Kier molecular flexibility index (Phi) is 3.10. The second-order valence-electron chi connectivity index (χ2n) is 4.98. The molecule has 2 N–H and O–H groups in total. The zero-order valence-electron chi connectivity index (χ0n) is 11.8. The Morgan fingerprint density at radius 2 is 1.95 bits per heavy atom. The Balaban J connectivity index is 2.54. The lowest BCUT2D eigenvalue weighted by Gasteiger charge is -2.14. The van der Waals surface area contributed by atoms with Crippen molar-refractivity contribution in [3.8, 4) is 0 Å². The molecule has 5 heteroatoms. The average Bonchev–Trinajstić information content (AvgIpc) is 2.49. The molecule has 0 unspecified atom stereocenters. The molecule has 0 amide bonds. The van der Waals surface area contributed by atoms with Gasteiger partial charge in [0, 0.05) is 14.1 Å². The van der Waals surface area contributed by atoms with E-state index in [1.165, 1.54) is 6.21 Å². The van der Waals surface area contributed by atoms with Crippen molar-refractivity contribution >= 4 is 33.8 Å². The summed E-state index contributed by atoms with van der Waals surface area (Å²) in [5.74, 6) is 5.67. The molecule has 0 aliphatic heterocycles. The highest BCUT2D eigenvalue weighted by Gasteiger charge is 2.16. The van der Waals surface area contributed by atoms with Crippen LogP contribution in [-0.2, 0) is 0 Å². The fourth-order valence-corrected chi connectivity index (χ4v) is 2.48. The molecule has 0 fully saturated rings. The third-order valence-corrected chi connectivity index (χ3v) is 3.41. The van der Waals surface area contributed by atoms with Crippen LogP contribution in [0.3, 0.4) is 0 Å². The van der Waals surface area contributed by atoms with Crippen LogP contribution in [0, 0.1) is 0 Å². The van der Waals surface area contributed by atoms with E-state index in [0.29, 0.717) is 22.4 Å². The van der Waals surface area contributed by atoms with E-state index in [2.05, 4.69) is 5.10 Å². The van der Waals surface area contributed by atoms with Gasteiger partial charge in [0.15, 0.2) is 0 Å². The normalized spacial score (nSPS) is 11.5. The van der Waals surface area contributed by atoms with E-state index in [-0.39, 0.29) is 5.43 Å². The molecule has 2 aromatic carbocycles. The summed E-state index contributed by atoms with van der Waals surface area (Å²) in [6, 6.07) is 11.5. The number of nitrogens with two attached hydrogens (primary N) is 1. The molecule has 3 aromatic rings. The number of anilines is 1. The minimum absolute atomic E-state index is 0.133. The summed E-state index contributed by atoms with van der Waals surface area (Å²) in [7, 11) is 3.61. The van der Waals surface area contributed by atoms with E-state index >= 15 is 0 Å². The lowest BCUT2D eigenvalue weighted by Crippen LogP contribution is -2.19. The minimum Gasteiger partial charge on any atom is -0.440 e. The summed E-state index contributed by atoms with van der Waals surface area (Å²) < 4.78 is 5.87. The Bertz CT molecular complexity index is 910. The van der Waals surface area contributed by atoms with Gasteiger partial charge in [0.2, 0.25) is 11.3 Å². The molecule has 3 rings (SSSR count). The molecule has 0 bridgehead atoms. The van der Waals surface area contributed by atoms with Crippen molar-refractivity contribution < 1.29 is 4.42 Å². The molecule has 0 aliphatic carbocycles. The Labute approximate surface area is 121 Å². The maximum absolute atomic E-state index is 12.8. The van der Waals surface area contributed by atoms with Gasteiger partial charge in [-0.2, -0.15) is 5.10 Å². The first-order valence-electron chi connectivity index (χ1n) is 6.52. The van der Waals surface area contributed by atoms with E-state index in [1.807, 2.05) is 36.4 Å². The summed E-state index contributed by atoms with van der Waals surface area (Å²) in [6.45, 7) is 0. The number of hydrazone groups is 1. The van der Waals surface area contributed by atoms with E-state index < -0.39 is 0 Å². The molecular formula is C16H15N3O2. The van der Waals surface area contributed by atoms with Gasteiger partial charge in [-0.3, -0.25) is 4.79 Å². The second kappa shape index (κ2) is 4.94. The average molecular weight is 281 g/mol. The van der Waals surface area contributed by atoms with Crippen LogP contribution in [0.4, 0.5) is 5.88 Å². The SMILES string of the molecule is CN(C)c1oc2ccc3ccccc3c2c(=O)c1/C=N/N. The van der Waals surface area contributed by atoms with Gasteiger partial charge >= 0.3 is 0 Å². The van der Waals surface area contributed by atoms with Gasteiger partial charge in [-0.15, -0.1) is 0 Å². The fraction of sp³-hybridized carbons (Fsp3) is 0.125. The van der Waals surface area contributed by atoms with E-state index in [1.54, 1.807) is 19.0 Å². The lowest BCUT2D eigenvalue weighted by molar-refractivity contribution is 0.597. The molecule has 106 valence electrons. The molecule has 0 spiro atoms. The van der Waals surface area contributed by atoms with Crippen LogP contribution in [-0.4, -0.2) is 20.3 Å². The van der Waals surface area contributed by atoms with Crippen LogP contribution in [0.25, 0.3) is 21.7 Å². The number of rotatable bonds is 2. The molecule has 0 saturated heterocycles. The number of fused-ring (bicyclic) bond motifs is 3. The quantitative estimate of drug-likeness (QED) is 0.338. The molecule has 5 nitrogen and oxygen atoms in total. The standard InChI is InChI=1S/C16H15N3O2/c1-19(2)16-12(9-18-17)15(20)14-11-6-4-3-5-10(11)7-8-13(14)21-16/h3-9H,17H2,1-2H3/b18-9+. The Morgan fingerprint density at radius 3 is 2.67 bits per heavy atom. The molecule has 1 heterocycles. The third kappa shape index (κ3) is 2.03. The fourth-order valence-electron chi connectivity index (χ4n) is 2.48. The minimum atomic E-state index is -0.133. The molecule has 0 radical (unpaired) electrons. The zero-order valence-corrected chi connectivity index (χ0v) is 11.8. The van der Waals surface area contributed by atoms with Crippen LogP contribution in [0.5, 0.6) is 0 Å². The van der Waals surface area contributed by atoms with Crippen LogP contribution < -0.4 is 16.2 Å². The van der Waals surface area contributed by atoms with Crippen molar-refractivity contribution in [1.29, 1.82) is 0 Å². The van der Waals surface area contributed by atoms with Crippen molar-refractivity contribution in [3.63, 3.8) is 0 Å². The maximum atomic E-state index is 12.8. The Hall–Kier alpha value is -2.82. The van der Waals surface area contributed by atoms with E-state index in [0.717, 1.165) is 10.8 Å². The number of hydrogen-bond acceptors (Lipinski definition) is 5. The maximum Gasteiger partial charge on any atom is 0.208 e. The Morgan fingerprint density at radius 1 is 1.19 bits per heavy atom. The predicted octanol–water partition coefficient (Wildman–Crippen LogP) is 2.30. The van der Waals surface area contributed by atoms with Crippen LogP contribution >= 0.6 is 0 Å². The molecule has 21 heavy (non-hydrogen) atoms. The number of hydrogen-bond donors (Lipinski definition) is 1. The summed E-state index contributed by atoms with van der Waals surface area (Å²) in [5.41, 5.74) is 0.772. The first-order chi connectivity index (χ1) is 10.1. The van der Waals surface area contributed by atoms with Crippen LogP contribution in [0.2, 0.25) is 0 Å². The largest absolute Gasteiger partial charge is 0.440 e. The topological polar surface area (TPSA) is 71.8 Å². The van der Waals surface area contributed by atoms with Crippen molar-refractivity contribution in [2.45, 2.75) is 0 Å². The smallest absolute Gasteiger partial charge is 0.208 e. The number of nitrogens with zero attached hydrogens (tertiary/aromatic N) is 2. The third-order valence-electron chi connectivity index (χ3n) is 3.41. The molecule has 1 aromatic heterocycles. The van der Waals surface area contributed by atoms with Crippen LogP contribution in [0.15, 0.2) is 50.7 Å². The highest BCUT2D eigenvalue weighted by molar-refractivity contribution is 6.07. The van der Waals surface area contributed by atoms with Crippen molar-refractivity contribution in [1.82, 2.24) is 0 Å². The highest BCUT2D eigenvalue weighted by atomic mass is 16.4.